The molecule has 1 unspecified atom stereocenters. The minimum Gasteiger partial charge on any atom is -0.316 e. The molecule has 2 aliphatic rings. The van der Waals surface area contributed by atoms with Crippen LogP contribution in [0, 0.1) is 0 Å². The SMILES string of the molecule is C1CCCSCC1.O=S1CCCNCC1.[HH]. The van der Waals surface area contributed by atoms with Crippen LogP contribution in [0.5, 0.6) is 0 Å². The van der Waals surface area contributed by atoms with Gasteiger partial charge >= 0.3 is 0 Å². The Morgan fingerprint density at radius 1 is 0.933 bits per heavy atom. The van der Waals surface area contributed by atoms with Crippen LogP contribution >= 0.6 is 11.8 Å². The summed E-state index contributed by atoms with van der Waals surface area (Å²) in [4.78, 5) is 0. The zero-order valence-electron chi connectivity index (χ0n) is 9.50. The van der Waals surface area contributed by atoms with Crippen molar-refractivity contribution in [2.24, 2.45) is 0 Å². The van der Waals surface area contributed by atoms with Gasteiger partial charge in [-0.25, -0.2) is 0 Å². The molecule has 1 N–H and O–H groups in total. The third kappa shape index (κ3) is 8.29. The van der Waals surface area contributed by atoms with E-state index >= 15 is 0 Å². The first kappa shape index (κ1) is 13.5. The molecule has 0 spiro atoms. The lowest BCUT2D eigenvalue weighted by atomic mass is 10.2. The summed E-state index contributed by atoms with van der Waals surface area (Å²) in [5.41, 5.74) is 0. The summed E-state index contributed by atoms with van der Waals surface area (Å²) in [6, 6.07) is 0. The van der Waals surface area contributed by atoms with Gasteiger partial charge in [0, 0.05) is 30.3 Å². The highest BCUT2D eigenvalue weighted by molar-refractivity contribution is 7.99. The highest BCUT2D eigenvalue weighted by atomic mass is 32.2. The van der Waals surface area contributed by atoms with Crippen LogP contribution < -0.4 is 5.32 Å². The van der Waals surface area contributed by atoms with E-state index < -0.39 is 10.8 Å². The molecule has 15 heavy (non-hydrogen) atoms. The van der Waals surface area contributed by atoms with Crippen LogP contribution in [0.4, 0.5) is 0 Å². The molecule has 0 radical (unpaired) electrons. The van der Waals surface area contributed by atoms with Crippen LogP contribution in [-0.4, -0.2) is 40.3 Å². The van der Waals surface area contributed by atoms with Crippen LogP contribution in [-0.2, 0) is 10.8 Å². The van der Waals surface area contributed by atoms with Crippen molar-refractivity contribution in [2.45, 2.75) is 32.1 Å². The Morgan fingerprint density at radius 2 is 1.67 bits per heavy atom. The molecule has 0 aromatic rings. The monoisotopic (exact) mass is 251 g/mol. The second-order valence-electron chi connectivity index (χ2n) is 3.98. The first-order valence-electron chi connectivity index (χ1n) is 6.03. The molecule has 0 aromatic heterocycles. The first-order valence-corrected chi connectivity index (χ1v) is 8.67. The van der Waals surface area contributed by atoms with Crippen LogP contribution in [0.3, 0.4) is 0 Å². The molecular formula is C11H25NOS2. The molecule has 2 fully saturated rings. The van der Waals surface area contributed by atoms with Crippen LogP contribution in [0.25, 0.3) is 0 Å². The molecule has 0 amide bonds. The zero-order chi connectivity index (χ0) is 10.8. The van der Waals surface area contributed by atoms with E-state index in [1.165, 1.54) is 37.2 Å². The fraction of sp³-hybridized carbons (Fsp3) is 1.00. The number of hydrogen-bond acceptors (Lipinski definition) is 3. The van der Waals surface area contributed by atoms with E-state index in [2.05, 4.69) is 17.1 Å². The summed E-state index contributed by atoms with van der Waals surface area (Å²) >= 11 is 2.12. The second-order valence-corrected chi connectivity index (χ2v) is 6.90. The summed E-state index contributed by atoms with van der Waals surface area (Å²) in [7, 11) is -0.520. The highest BCUT2D eigenvalue weighted by Crippen LogP contribution is 2.15. The number of thioether (sulfide) groups is 1. The third-order valence-corrected chi connectivity index (χ3v) is 5.12. The van der Waals surface area contributed by atoms with Crippen molar-refractivity contribution in [3.8, 4) is 0 Å². The largest absolute Gasteiger partial charge is 0.316 e. The van der Waals surface area contributed by atoms with E-state index in [1.807, 2.05) is 0 Å². The second kappa shape index (κ2) is 9.67. The van der Waals surface area contributed by atoms with Gasteiger partial charge in [0.05, 0.1) is 0 Å². The maximum Gasteiger partial charge on any atom is 0.0360 e. The van der Waals surface area contributed by atoms with Crippen molar-refractivity contribution in [2.75, 3.05) is 36.1 Å². The lowest BCUT2D eigenvalue weighted by Gasteiger charge is -1.91. The van der Waals surface area contributed by atoms with Crippen LogP contribution in [0.15, 0.2) is 0 Å². The van der Waals surface area contributed by atoms with Gasteiger partial charge in [-0.2, -0.15) is 11.8 Å². The van der Waals surface area contributed by atoms with Gasteiger partial charge in [-0.05, 0) is 37.3 Å². The molecule has 0 bridgehead atoms. The summed E-state index contributed by atoms with van der Waals surface area (Å²) in [6.45, 7) is 1.98. The molecular weight excluding hydrogens is 226 g/mol. The molecule has 1 atom stereocenters. The molecule has 0 aromatic carbocycles. The molecule has 2 saturated heterocycles. The molecule has 2 aliphatic heterocycles. The molecule has 92 valence electrons. The van der Waals surface area contributed by atoms with E-state index in [0.717, 1.165) is 31.0 Å². The fourth-order valence-corrected chi connectivity index (χ4v) is 3.70. The Labute approximate surface area is 102 Å². The van der Waals surface area contributed by atoms with E-state index in [-0.39, 0.29) is 1.43 Å². The van der Waals surface area contributed by atoms with Gasteiger partial charge < -0.3 is 5.32 Å². The zero-order valence-corrected chi connectivity index (χ0v) is 11.1. The van der Waals surface area contributed by atoms with Gasteiger partial charge in [-0.3, -0.25) is 4.21 Å². The summed E-state index contributed by atoms with van der Waals surface area (Å²) in [5, 5.41) is 3.18. The Balaban J connectivity index is 0.000000267. The Hall–Kier alpha value is 0.460. The summed E-state index contributed by atoms with van der Waals surface area (Å²) in [6.07, 6.45) is 6.96. The average Bonchev–Trinajstić information content (AvgIpc) is 2.64. The van der Waals surface area contributed by atoms with Crippen LogP contribution in [0.1, 0.15) is 33.5 Å². The standard InChI is InChI=1S/C6H12S.C5H11NOS.H2/c1-2-4-6-7-5-3-1;7-8-4-1-2-6-3-5-8;/h1-6H2;6H,1-5H2;1H. The lowest BCUT2D eigenvalue weighted by Crippen LogP contribution is -2.16. The topological polar surface area (TPSA) is 29.1 Å². The van der Waals surface area contributed by atoms with Crippen molar-refractivity contribution >= 4 is 22.6 Å². The summed E-state index contributed by atoms with van der Waals surface area (Å²) < 4.78 is 10.8. The van der Waals surface area contributed by atoms with E-state index in [1.54, 1.807) is 0 Å². The fourth-order valence-electron chi connectivity index (χ4n) is 1.64. The van der Waals surface area contributed by atoms with Crippen molar-refractivity contribution in [3.05, 3.63) is 0 Å². The van der Waals surface area contributed by atoms with Crippen molar-refractivity contribution < 1.29 is 5.64 Å². The quantitative estimate of drug-likeness (QED) is 0.716. The number of nitrogens with one attached hydrogen (secondary N) is 1. The van der Waals surface area contributed by atoms with Crippen molar-refractivity contribution in [3.63, 3.8) is 0 Å². The van der Waals surface area contributed by atoms with E-state index in [9.17, 15) is 4.21 Å². The van der Waals surface area contributed by atoms with Gasteiger partial charge in [-0.1, -0.05) is 12.8 Å². The van der Waals surface area contributed by atoms with Gasteiger partial charge in [-0.15, -0.1) is 0 Å². The van der Waals surface area contributed by atoms with Gasteiger partial charge in [0.15, 0.2) is 0 Å². The number of rotatable bonds is 0. The van der Waals surface area contributed by atoms with Gasteiger partial charge in [0.2, 0.25) is 0 Å². The van der Waals surface area contributed by atoms with Crippen molar-refractivity contribution in [1.82, 2.24) is 5.32 Å². The smallest absolute Gasteiger partial charge is 0.0360 e. The Bertz CT molecular complexity index is 152. The van der Waals surface area contributed by atoms with E-state index in [4.69, 9.17) is 0 Å². The molecule has 2 rings (SSSR count). The highest BCUT2D eigenvalue weighted by Gasteiger charge is 2.02. The maximum absolute atomic E-state index is 10.8. The number of hydrogen-bond donors (Lipinski definition) is 1. The summed E-state index contributed by atoms with van der Waals surface area (Å²) in [5.74, 6) is 4.58. The predicted molar refractivity (Wildman–Crippen MR) is 73.3 cm³/mol. The van der Waals surface area contributed by atoms with Crippen molar-refractivity contribution in [1.29, 1.82) is 0 Å². The molecule has 4 heteroatoms. The minimum absolute atomic E-state index is 0. The Kier molecular flexibility index (Phi) is 8.72. The predicted octanol–water partition coefficient (Wildman–Crippen LogP) is 2.27. The minimum atomic E-state index is -0.520. The van der Waals surface area contributed by atoms with Gasteiger partial charge in [0.1, 0.15) is 0 Å². The van der Waals surface area contributed by atoms with E-state index in [0.29, 0.717) is 0 Å². The third-order valence-electron chi connectivity index (χ3n) is 2.56. The lowest BCUT2D eigenvalue weighted by molar-refractivity contribution is 0.683. The molecule has 0 aliphatic carbocycles. The first-order chi connectivity index (χ1) is 7.39. The average molecular weight is 251 g/mol. The Morgan fingerprint density at radius 3 is 2.40 bits per heavy atom. The molecule has 0 saturated carbocycles. The van der Waals surface area contributed by atoms with Gasteiger partial charge in [0.25, 0.3) is 0 Å². The maximum atomic E-state index is 10.8. The normalized spacial score (nSPS) is 28.1. The van der Waals surface area contributed by atoms with Crippen LogP contribution in [0.2, 0.25) is 0 Å². The molecule has 2 heterocycles. The molecule has 2 nitrogen and oxygen atoms in total.